The summed E-state index contributed by atoms with van der Waals surface area (Å²) in [6.07, 6.45) is -0.388. The zero-order valence-corrected chi connectivity index (χ0v) is 17.6. The number of halogens is 2. The summed E-state index contributed by atoms with van der Waals surface area (Å²) in [5.41, 5.74) is -0.855. The molecule has 4 rings (SSSR count). The lowest BCUT2D eigenvalue weighted by Crippen LogP contribution is -2.21. The quantitative estimate of drug-likeness (QED) is 0.577. The molecule has 1 unspecified atom stereocenters. The van der Waals surface area contributed by atoms with Crippen molar-refractivity contribution in [1.82, 2.24) is 0 Å². The van der Waals surface area contributed by atoms with Gasteiger partial charge in [0.05, 0.1) is 18.4 Å². The lowest BCUT2D eigenvalue weighted by Gasteiger charge is -2.19. The Kier molecular flexibility index (Phi) is 5.91. The van der Waals surface area contributed by atoms with Crippen LogP contribution >= 0.6 is 0 Å². The predicted octanol–water partition coefficient (Wildman–Crippen LogP) is 3.83. The number of rotatable bonds is 6. The third-order valence-corrected chi connectivity index (χ3v) is 5.12. The van der Waals surface area contributed by atoms with Crippen molar-refractivity contribution in [2.24, 2.45) is 0 Å². The molecule has 1 amide bonds. The molecule has 1 aromatic heterocycles. The Bertz CT molecular complexity index is 1290. The van der Waals surface area contributed by atoms with Crippen molar-refractivity contribution in [1.29, 1.82) is 0 Å². The summed E-state index contributed by atoms with van der Waals surface area (Å²) in [6.45, 7) is 1.45. The molecular weight excluding hydrogens is 440 g/mol. The molecule has 0 spiro atoms. The van der Waals surface area contributed by atoms with Gasteiger partial charge in [0.2, 0.25) is 18.4 Å². The molecule has 0 saturated carbocycles. The van der Waals surface area contributed by atoms with Crippen molar-refractivity contribution in [3.8, 4) is 23.0 Å². The Labute approximate surface area is 186 Å². The highest BCUT2D eigenvalue weighted by Crippen LogP contribution is 2.45. The molecule has 0 bridgehead atoms. The van der Waals surface area contributed by atoms with E-state index < -0.39 is 29.1 Å². The summed E-state index contributed by atoms with van der Waals surface area (Å²) < 4.78 is 48.5. The number of nitrogens with one attached hydrogen (secondary N) is 1. The van der Waals surface area contributed by atoms with Gasteiger partial charge in [-0.3, -0.25) is 4.79 Å². The zero-order valence-electron chi connectivity index (χ0n) is 17.6. The van der Waals surface area contributed by atoms with Crippen molar-refractivity contribution in [3.05, 3.63) is 75.3 Å². The molecule has 1 aliphatic heterocycles. The van der Waals surface area contributed by atoms with E-state index in [0.29, 0.717) is 28.9 Å². The van der Waals surface area contributed by atoms with Gasteiger partial charge in [-0.25, -0.2) is 13.6 Å². The molecule has 0 fully saturated rings. The summed E-state index contributed by atoms with van der Waals surface area (Å²) in [4.78, 5) is 25.5. The second kappa shape index (κ2) is 8.81. The summed E-state index contributed by atoms with van der Waals surface area (Å²) in [5, 5.41) is 12.9. The zero-order chi connectivity index (χ0) is 23.7. The first-order valence-electron chi connectivity index (χ1n) is 9.83. The highest BCUT2D eigenvalue weighted by Gasteiger charge is 2.30. The predicted molar refractivity (Wildman–Crippen MR) is 112 cm³/mol. The van der Waals surface area contributed by atoms with Crippen LogP contribution in [0, 0.1) is 18.6 Å². The molecule has 172 valence electrons. The van der Waals surface area contributed by atoms with Gasteiger partial charge in [-0.1, -0.05) is 0 Å². The molecule has 0 saturated heterocycles. The first-order chi connectivity index (χ1) is 15.8. The molecule has 8 nitrogen and oxygen atoms in total. The third-order valence-electron chi connectivity index (χ3n) is 5.12. The molecule has 1 aliphatic rings. The summed E-state index contributed by atoms with van der Waals surface area (Å²) in [7, 11) is 1.41. The van der Waals surface area contributed by atoms with E-state index in [1.807, 2.05) is 0 Å². The number of carbonyl (C=O) groups is 1. The van der Waals surface area contributed by atoms with Crippen LogP contribution in [0.2, 0.25) is 0 Å². The first-order valence-corrected chi connectivity index (χ1v) is 9.83. The van der Waals surface area contributed by atoms with Crippen LogP contribution in [0.15, 0.2) is 45.6 Å². The topological polar surface area (TPSA) is 107 Å². The summed E-state index contributed by atoms with van der Waals surface area (Å²) >= 11 is 0. The summed E-state index contributed by atoms with van der Waals surface area (Å²) in [5.74, 6) is -2.66. The number of hydrogen-bond donors (Lipinski definition) is 2. The van der Waals surface area contributed by atoms with E-state index in [2.05, 4.69) is 5.32 Å². The van der Waals surface area contributed by atoms with Crippen LogP contribution in [0.5, 0.6) is 23.0 Å². The molecule has 2 aromatic carbocycles. The maximum atomic E-state index is 14.0. The van der Waals surface area contributed by atoms with Crippen LogP contribution in [0.3, 0.4) is 0 Å². The SMILES string of the molecule is COc1cc(C(CC(=O)Nc2ccc(F)cc2F)c2c(O)cc(C)oc2=O)cc2c1OCO2. The van der Waals surface area contributed by atoms with Crippen LogP contribution < -0.4 is 25.2 Å². The fourth-order valence-electron chi connectivity index (χ4n) is 3.64. The maximum Gasteiger partial charge on any atom is 0.343 e. The molecule has 2 heterocycles. The van der Waals surface area contributed by atoms with Crippen LogP contribution in [0.25, 0.3) is 0 Å². The van der Waals surface area contributed by atoms with Gasteiger partial charge in [0.25, 0.3) is 0 Å². The smallest absolute Gasteiger partial charge is 0.343 e. The van der Waals surface area contributed by atoms with Crippen molar-refractivity contribution in [2.75, 3.05) is 19.2 Å². The van der Waals surface area contributed by atoms with Gasteiger partial charge in [0, 0.05) is 24.5 Å². The van der Waals surface area contributed by atoms with E-state index in [4.69, 9.17) is 18.6 Å². The summed E-state index contributed by atoms with van der Waals surface area (Å²) in [6, 6.07) is 7.07. The molecule has 3 aromatic rings. The minimum Gasteiger partial charge on any atom is -0.507 e. The third kappa shape index (κ3) is 4.45. The van der Waals surface area contributed by atoms with E-state index in [1.165, 1.54) is 20.1 Å². The molecular formula is C23H19F2NO7. The van der Waals surface area contributed by atoms with Gasteiger partial charge >= 0.3 is 5.63 Å². The van der Waals surface area contributed by atoms with Gasteiger partial charge < -0.3 is 29.1 Å². The Hall–Kier alpha value is -4.08. The van der Waals surface area contributed by atoms with E-state index >= 15 is 0 Å². The number of anilines is 1. The van der Waals surface area contributed by atoms with Crippen LogP contribution in [0.4, 0.5) is 14.5 Å². The number of amides is 1. The molecule has 0 aliphatic carbocycles. The number of aryl methyl sites for hydroxylation is 1. The van der Waals surface area contributed by atoms with E-state index in [0.717, 1.165) is 12.1 Å². The second-order valence-corrected chi connectivity index (χ2v) is 7.33. The van der Waals surface area contributed by atoms with Crippen molar-refractivity contribution in [2.45, 2.75) is 19.3 Å². The molecule has 33 heavy (non-hydrogen) atoms. The highest BCUT2D eigenvalue weighted by molar-refractivity contribution is 5.91. The first kappa shape index (κ1) is 22.1. The standard InChI is InChI=1S/C23H19F2NO7/c1-11-5-17(27)21(23(29)33-11)14(9-20(28)26-16-4-3-13(24)8-15(16)25)12-6-18(30-2)22-19(7-12)31-10-32-22/h3-8,14,27H,9-10H2,1-2H3,(H,26,28). The number of hydrogen-bond acceptors (Lipinski definition) is 7. The monoisotopic (exact) mass is 459 g/mol. The Morgan fingerprint density at radius 3 is 2.70 bits per heavy atom. The van der Waals surface area contributed by atoms with Gasteiger partial charge in [0.15, 0.2) is 11.5 Å². The van der Waals surface area contributed by atoms with Crippen LogP contribution in [-0.2, 0) is 4.79 Å². The average Bonchev–Trinajstić information content (AvgIpc) is 3.22. The van der Waals surface area contributed by atoms with Crippen LogP contribution in [-0.4, -0.2) is 24.9 Å². The fourth-order valence-corrected chi connectivity index (χ4v) is 3.64. The Morgan fingerprint density at radius 1 is 1.21 bits per heavy atom. The lowest BCUT2D eigenvalue weighted by molar-refractivity contribution is -0.116. The Balaban J connectivity index is 1.76. The highest BCUT2D eigenvalue weighted by atomic mass is 19.1. The number of carbonyl (C=O) groups excluding carboxylic acids is 1. The van der Waals surface area contributed by atoms with Crippen molar-refractivity contribution in [3.63, 3.8) is 0 Å². The largest absolute Gasteiger partial charge is 0.507 e. The van der Waals surface area contributed by atoms with Crippen molar-refractivity contribution < 1.29 is 37.3 Å². The molecule has 1 atom stereocenters. The average molecular weight is 459 g/mol. The minimum atomic E-state index is -1.02. The number of methoxy groups -OCH3 is 1. The van der Waals surface area contributed by atoms with Crippen LogP contribution in [0.1, 0.15) is 29.2 Å². The molecule has 10 heteroatoms. The molecule has 0 radical (unpaired) electrons. The normalized spacial score (nSPS) is 13.0. The number of benzene rings is 2. The van der Waals surface area contributed by atoms with E-state index in [9.17, 15) is 23.5 Å². The number of fused-ring (bicyclic) bond motifs is 1. The second-order valence-electron chi connectivity index (χ2n) is 7.33. The lowest BCUT2D eigenvalue weighted by atomic mass is 9.88. The molecule has 2 N–H and O–H groups in total. The minimum absolute atomic E-state index is 0.0396. The van der Waals surface area contributed by atoms with Gasteiger partial charge in [-0.05, 0) is 36.8 Å². The fraction of sp³-hybridized carbons (Fsp3) is 0.217. The van der Waals surface area contributed by atoms with Crippen molar-refractivity contribution >= 4 is 11.6 Å². The van der Waals surface area contributed by atoms with Gasteiger partial charge in [-0.15, -0.1) is 0 Å². The van der Waals surface area contributed by atoms with E-state index in [-0.39, 0.29) is 36.0 Å². The number of aromatic hydroxyl groups is 1. The van der Waals surface area contributed by atoms with Gasteiger partial charge in [-0.2, -0.15) is 0 Å². The van der Waals surface area contributed by atoms with Gasteiger partial charge in [0.1, 0.15) is 23.1 Å². The maximum absolute atomic E-state index is 14.0. The Morgan fingerprint density at radius 2 is 2.00 bits per heavy atom. The van der Waals surface area contributed by atoms with E-state index in [1.54, 1.807) is 12.1 Å². The number of ether oxygens (including phenoxy) is 3.